The van der Waals surface area contributed by atoms with Gasteiger partial charge in [-0.15, -0.1) is 0 Å². The third kappa shape index (κ3) is 2.12. The molecule has 4 rings (SSSR count). The van der Waals surface area contributed by atoms with Gasteiger partial charge in [-0.05, 0) is 55.8 Å². The molecule has 0 aromatic carbocycles. The summed E-state index contributed by atoms with van der Waals surface area (Å²) >= 11 is 0. The number of hydrogen-bond acceptors (Lipinski definition) is 3. The van der Waals surface area contributed by atoms with Crippen LogP contribution in [0, 0.1) is 22.7 Å². The smallest absolute Gasteiger partial charge is 0.328 e. The summed E-state index contributed by atoms with van der Waals surface area (Å²) in [5.74, 6) is -0.0927. The lowest BCUT2D eigenvalue weighted by atomic mass is 9.44. The van der Waals surface area contributed by atoms with E-state index in [9.17, 15) is 9.59 Å². The second kappa shape index (κ2) is 4.45. The van der Waals surface area contributed by atoms with Crippen molar-refractivity contribution >= 4 is 11.9 Å². The molecule has 4 saturated carbocycles. The van der Waals surface area contributed by atoms with E-state index in [4.69, 9.17) is 10.2 Å². The largest absolute Gasteiger partial charge is 0.480 e. The minimum Gasteiger partial charge on any atom is -0.480 e. The summed E-state index contributed by atoms with van der Waals surface area (Å²) in [4.78, 5) is 23.6. The Balaban J connectivity index is 1.79. The second-order valence-corrected chi connectivity index (χ2v) is 7.60. The molecule has 112 valence electrons. The Labute approximate surface area is 118 Å². The number of carbonyl (C=O) groups is 2. The lowest BCUT2D eigenvalue weighted by molar-refractivity contribution is -0.159. The van der Waals surface area contributed by atoms with Crippen molar-refractivity contribution in [3.8, 4) is 0 Å². The molecule has 5 nitrogen and oxygen atoms in total. The molecule has 0 spiro atoms. The van der Waals surface area contributed by atoms with E-state index < -0.39 is 18.6 Å². The van der Waals surface area contributed by atoms with Gasteiger partial charge in [0, 0.05) is 0 Å². The van der Waals surface area contributed by atoms with Crippen LogP contribution in [0.3, 0.4) is 0 Å². The first kappa shape index (κ1) is 13.9. The number of carbonyl (C=O) groups excluding carboxylic acids is 1. The van der Waals surface area contributed by atoms with Gasteiger partial charge < -0.3 is 15.5 Å². The molecule has 5 heteroatoms. The highest BCUT2D eigenvalue weighted by molar-refractivity contribution is 5.88. The molecule has 0 heterocycles. The van der Waals surface area contributed by atoms with Gasteiger partial charge in [0.1, 0.15) is 6.04 Å². The van der Waals surface area contributed by atoms with Crippen LogP contribution < -0.4 is 5.32 Å². The molecule has 4 bridgehead atoms. The van der Waals surface area contributed by atoms with Crippen LogP contribution in [0.4, 0.5) is 0 Å². The third-order valence-corrected chi connectivity index (χ3v) is 5.62. The van der Waals surface area contributed by atoms with Gasteiger partial charge in [-0.25, -0.2) is 4.79 Å². The summed E-state index contributed by atoms with van der Waals surface area (Å²) in [6, 6.07) is -1.18. The van der Waals surface area contributed by atoms with E-state index in [1.807, 2.05) is 0 Å². The average molecular weight is 281 g/mol. The van der Waals surface area contributed by atoms with Crippen molar-refractivity contribution in [1.29, 1.82) is 0 Å². The van der Waals surface area contributed by atoms with E-state index in [1.165, 1.54) is 19.3 Å². The zero-order valence-electron chi connectivity index (χ0n) is 11.9. The first-order chi connectivity index (χ1) is 9.36. The molecule has 0 radical (unpaired) electrons. The third-order valence-electron chi connectivity index (χ3n) is 5.62. The van der Waals surface area contributed by atoms with Gasteiger partial charge in [0.15, 0.2) is 0 Å². The molecular weight excluding hydrogens is 258 g/mol. The van der Waals surface area contributed by atoms with Crippen LogP contribution in [0.25, 0.3) is 0 Å². The van der Waals surface area contributed by atoms with E-state index in [-0.39, 0.29) is 16.7 Å². The number of hydrogen-bond donors (Lipinski definition) is 3. The number of amides is 1. The molecule has 0 aromatic heterocycles. The lowest BCUT2D eigenvalue weighted by Crippen LogP contribution is -2.59. The van der Waals surface area contributed by atoms with Crippen LogP contribution in [-0.4, -0.2) is 34.7 Å². The quantitative estimate of drug-likeness (QED) is 0.721. The molecule has 0 saturated heterocycles. The number of carboxylic acids is 1. The molecule has 0 aliphatic heterocycles. The van der Waals surface area contributed by atoms with Crippen molar-refractivity contribution in [3.05, 3.63) is 0 Å². The fourth-order valence-corrected chi connectivity index (χ4v) is 5.48. The van der Waals surface area contributed by atoms with Crippen molar-refractivity contribution in [2.45, 2.75) is 51.5 Å². The molecule has 20 heavy (non-hydrogen) atoms. The summed E-state index contributed by atoms with van der Waals surface area (Å²) in [7, 11) is 0. The van der Waals surface area contributed by atoms with Gasteiger partial charge in [-0.1, -0.05) is 6.92 Å². The number of carboxylic acid groups (broad SMARTS) is 1. The van der Waals surface area contributed by atoms with E-state index in [0.29, 0.717) is 11.8 Å². The van der Waals surface area contributed by atoms with Gasteiger partial charge in [0.05, 0.1) is 12.0 Å². The van der Waals surface area contributed by atoms with E-state index >= 15 is 0 Å². The highest BCUT2D eigenvalue weighted by Gasteiger charge is 2.59. The zero-order chi connectivity index (χ0) is 14.5. The standard InChI is InChI=1S/C15H23NO4/c1-14-3-9-2-10(4-14)6-15(5-9,8-14)13(20)16-11(7-17)12(18)19/h9-11,17H,2-8H2,1H3,(H,16,20)(H,18,19). The Morgan fingerprint density at radius 2 is 1.85 bits per heavy atom. The molecule has 0 aromatic rings. The fraction of sp³-hybridized carbons (Fsp3) is 0.867. The molecule has 4 aliphatic carbocycles. The number of aliphatic hydroxyl groups is 1. The molecular formula is C15H23NO4. The molecule has 4 aliphatic rings. The summed E-state index contributed by atoms with van der Waals surface area (Å²) in [5.41, 5.74) is -0.138. The number of aliphatic carboxylic acids is 1. The van der Waals surface area contributed by atoms with Crippen LogP contribution >= 0.6 is 0 Å². The minimum absolute atomic E-state index is 0.153. The second-order valence-electron chi connectivity index (χ2n) is 7.60. The van der Waals surface area contributed by atoms with Crippen molar-refractivity contribution in [2.75, 3.05) is 6.61 Å². The number of nitrogens with one attached hydrogen (secondary N) is 1. The Hall–Kier alpha value is -1.10. The predicted octanol–water partition coefficient (Wildman–Crippen LogP) is 1.15. The van der Waals surface area contributed by atoms with Gasteiger partial charge in [0.25, 0.3) is 0 Å². The fourth-order valence-electron chi connectivity index (χ4n) is 5.48. The summed E-state index contributed by atoms with van der Waals surface area (Å²) < 4.78 is 0. The van der Waals surface area contributed by atoms with Crippen LogP contribution in [-0.2, 0) is 9.59 Å². The van der Waals surface area contributed by atoms with Crippen LogP contribution in [0.2, 0.25) is 0 Å². The van der Waals surface area contributed by atoms with Gasteiger partial charge >= 0.3 is 5.97 Å². The Morgan fingerprint density at radius 3 is 2.30 bits per heavy atom. The van der Waals surface area contributed by atoms with E-state index in [1.54, 1.807) is 0 Å². The van der Waals surface area contributed by atoms with E-state index in [2.05, 4.69) is 12.2 Å². The first-order valence-corrected chi connectivity index (χ1v) is 7.50. The van der Waals surface area contributed by atoms with Crippen molar-refractivity contribution in [3.63, 3.8) is 0 Å². The molecule has 3 N–H and O–H groups in total. The molecule has 3 unspecified atom stereocenters. The van der Waals surface area contributed by atoms with Gasteiger partial charge in [0.2, 0.25) is 5.91 Å². The van der Waals surface area contributed by atoms with Gasteiger partial charge in [-0.2, -0.15) is 0 Å². The van der Waals surface area contributed by atoms with Crippen LogP contribution in [0.5, 0.6) is 0 Å². The highest BCUT2D eigenvalue weighted by atomic mass is 16.4. The maximum Gasteiger partial charge on any atom is 0.328 e. The van der Waals surface area contributed by atoms with E-state index in [0.717, 1.165) is 19.3 Å². The summed E-state index contributed by atoms with van der Waals surface area (Å²) in [5, 5.41) is 20.6. The van der Waals surface area contributed by atoms with Crippen molar-refractivity contribution in [1.82, 2.24) is 5.32 Å². The van der Waals surface area contributed by atoms with Crippen molar-refractivity contribution in [2.24, 2.45) is 22.7 Å². The molecule has 1 amide bonds. The topological polar surface area (TPSA) is 86.6 Å². The first-order valence-electron chi connectivity index (χ1n) is 7.50. The Bertz CT molecular complexity index is 433. The Morgan fingerprint density at radius 1 is 1.25 bits per heavy atom. The SMILES string of the molecule is CC12CC3CC(C1)CC(C(=O)NC(CO)C(=O)O)(C3)C2. The van der Waals surface area contributed by atoms with Crippen LogP contribution in [0.15, 0.2) is 0 Å². The maximum absolute atomic E-state index is 12.6. The van der Waals surface area contributed by atoms with Gasteiger partial charge in [-0.3, -0.25) is 4.79 Å². The maximum atomic E-state index is 12.6. The van der Waals surface area contributed by atoms with Crippen molar-refractivity contribution < 1.29 is 19.8 Å². The summed E-state index contributed by atoms with van der Waals surface area (Å²) in [6.45, 7) is 1.72. The number of aliphatic hydroxyl groups excluding tert-OH is 1. The lowest BCUT2D eigenvalue weighted by Gasteiger charge is -2.60. The van der Waals surface area contributed by atoms with Crippen LogP contribution in [0.1, 0.15) is 45.4 Å². The number of rotatable bonds is 4. The monoisotopic (exact) mass is 281 g/mol. The normalized spacial score (nSPS) is 43.3. The predicted molar refractivity (Wildman–Crippen MR) is 71.9 cm³/mol. The highest BCUT2D eigenvalue weighted by Crippen LogP contribution is 2.65. The summed E-state index contributed by atoms with van der Waals surface area (Å²) in [6.07, 6.45) is 6.30. The molecule has 3 atom stereocenters. The zero-order valence-corrected chi connectivity index (χ0v) is 11.9. The Kier molecular flexibility index (Phi) is 3.08. The molecule has 4 fully saturated rings. The average Bonchev–Trinajstić information content (AvgIpc) is 2.31. The minimum atomic E-state index is -1.18.